The number of nitrogens with zero attached hydrogens (tertiary/aromatic N) is 3. The topological polar surface area (TPSA) is 75.6 Å². The number of aliphatic hydroxyl groups excluding tert-OH is 1. The Morgan fingerprint density at radius 2 is 2.62 bits per heavy atom. The van der Waals surface area contributed by atoms with E-state index in [9.17, 15) is 4.79 Å². The van der Waals surface area contributed by atoms with Crippen LogP contribution in [-0.2, 0) is 4.74 Å². The van der Waals surface area contributed by atoms with E-state index >= 15 is 0 Å². The van der Waals surface area contributed by atoms with Crippen molar-refractivity contribution >= 4 is 17.4 Å². The number of amides is 1. The summed E-state index contributed by atoms with van der Waals surface area (Å²) in [6.07, 6.45) is 1.17. The molecule has 88 valence electrons. The standard InChI is InChI=1S/C9H13N3O3S/c1-6-5-15-7(4-13)3-12(6)9(14)8-2-10-11-16-8/h2,6-7,13H,3-5H2,1H3. The van der Waals surface area contributed by atoms with Gasteiger partial charge in [-0.2, -0.15) is 0 Å². The molecule has 1 fully saturated rings. The maximum atomic E-state index is 12.1. The van der Waals surface area contributed by atoms with Crippen LogP contribution in [0.5, 0.6) is 0 Å². The second-order valence-corrected chi connectivity index (χ2v) is 4.51. The zero-order valence-electron chi connectivity index (χ0n) is 8.87. The van der Waals surface area contributed by atoms with Crippen LogP contribution >= 0.6 is 11.5 Å². The molecule has 2 rings (SSSR count). The van der Waals surface area contributed by atoms with E-state index in [-0.39, 0.29) is 24.7 Å². The van der Waals surface area contributed by atoms with E-state index in [0.717, 1.165) is 11.5 Å². The molecule has 1 aliphatic heterocycles. The molecular formula is C9H13N3O3S. The minimum atomic E-state index is -0.291. The Hall–Kier alpha value is -1.05. The highest BCUT2D eigenvalue weighted by Crippen LogP contribution is 2.16. The summed E-state index contributed by atoms with van der Waals surface area (Å²) in [5.41, 5.74) is 0. The average molecular weight is 243 g/mol. The number of aromatic nitrogens is 2. The van der Waals surface area contributed by atoms with E-state index in [1.54, 1.807) is 4.90 Å². The molecule has 0 saturated carbocycles. The van der Waals surface area contributed by atoms with E-state index in [2.05, 4.69) is 9.59 Å². The van der Waals surface area contributed by atoms with Gasteiger partial charge in [-0.15, -0.1) is 5.10 Å². The Kier molecular flexibility index (Phi) is 3.47. The molecule has 1 saturated heterocycles. The molecule has 0 bridgehead atoms. The number of morpholine rings is 1. The van der Waals surface area contributed by atoms with Crippen LogP contribution in [0.15, 0.2) is 6.20 Å². The molecule has 1 aromatic rings. The van der Waals surface area contributed by atoms with Crippen molar-refractivity contribution in [2.24, 2.45) is 0 Å². The largest absolute Gasteiger partial charge is 0.394 e. The summed E-state index contributed by atoms with van der Waals surface area (Å²) in [4.78, 5) is 14.3. The number of carbonyl (C=O) groups is 1. The van der Waals surface area contributed by atoms with Crippen LogP contribution < -0.4 is 0 Å². The van der Waals surface area contributed by atoms with Gasteiger partial charge in [-0.1, -0.05) is 4.49 Å². The van der Waals surface area contributed by atoms with Gasteiger partial charge in [-0.05, 0) is 18.5 Å². The highest BCUT2D eigenvalue weighted by Gasteiger charge is 2.30. The Labute approximate surface area is 97.0 Å². The summed E-state index contributed by atoms with van der Waals surface area (Å²) in [5, 5.41) is 12.7. The van der Waals surface area contributed by atoms with Gasteiger partial charge in [-0.3, -0.25) is 4.79 Å². The first-order chi connectivity index (χ1) is 7.72. The van der Waals surface area contributed by atoms with Crippen molar-refractivity contribution in [3.05, 3.63) is 11.1 Å². The highest BCUT2D eigenvalue weighted by molar-refractivity contribution is 7.07. The second kappa shape index (κ2) is 4.86. The highest BCUT2D eigenvalue weighted by atomic mass is 32.1. The van der Waals surface area contributed by atoms with Crippen molar-refractivity contribution in [1.29, 1.82) is 0 Å². The fourth-order valence-electron chi connectivity index (χ4n) is 1.61. The number of rotatable bonds is 2. The fraction of sp³-hybridized carbons (Fsp3) is 0.667. The van der Waals surface area contributed by atoms with E-state index in [4.69, 9.17) is 9.84 Å². The Morgan fingerprint density at radius 3 is 3.25 bits per heavy atom. The number of ether oxygens (including phenoxy) is 1. The lowest BCUT2D eigenvalue weighted by Gasteiger charge is -2.37. The SMILES string of the molecule is CC1COC(CO)CN1C(=O)c1cnns1. The number of carbonyl (C=O) groups excluding carboxylic acids is 1. The van der Waals surface area contributed by atoms with E-state index in [1.807, 2.05) is 6.92 Å². The molecule has 2 atom stereocenters. The predicted octanol–water partition coefficient (Wildman–Crippen LogP) is -0.240. The first-order valence-electron chi connectivity index (χ1n) is 5.03. The molecule has 2 heterocycles. The molecule has 6 nitrogen and oxygen atoms in total. The van der Waals surface area contributed by atoms with Gasteiger partial charge in [0.2, 0.25) is 0 Å². The van der Waals surface area contributed by atoms with Crippen LogP contribution in [0.25, 0.3) is 0 Å². The second-order valence-electron chi connectivity index (χ2n) is 3.73. The van der Waals surface area contributed by atoms with E-state index < -0.39 is 0 Å². The van der Waals surface area contributed by atoms with Gasteiger partial charge in [0.05, 0.1) is 31.6 Å². The quantitative estimate of drug-likeness (QED) is 0.776. The fourth-order valence-corrected chi connectivity index (χ4v) is 2.09. The molecule has 1 N–H and O–H groups in total. The van der Waals surface area contributed by atoms with Gasteiger partial charge in [-0.25, -0.2) is 0 Å². The molecular weight excluding hydrogens is 230 g/mol. The molecule has 0 spiro atoms. The Bertz CT molecular complexity index is 357. The van der Waals surface area contributed by atoms with Gasteiger partial charge in [0.1, 0.15) is 4.88 Å². The van der Waals surface area contributed by atoms with Crippen LogP contribution in [0, 0.1) is 0 Å². The summed E-state index contributed by atoms with van der Waals surface area (Å²) in [6.45, 7) is 2.70. The van der Waals surface area contributed by atoms with Crippen LogP contribution in [-0.4, -0.2) is 57.4 Å². The molecule has 0 aromatic carbocycles. The molecule has 2 unspecified atom stereocenters. The lowest BCUT2D eigenvalue weighted by atomic mass is 10.2. The van der Waals surface area contributed by atoms with Gasteiger partial charge in [0.25, 0.3) is 5.91 Å². The van der Waals surface area contributed by atoms with Crippen LogP contribution in [0.4, 0.5) is 0 Å². The monoisotopic (exact) mass is 243 g/mol. The molecule has 0 aliphatic carbocycles. The molecule has 1 aliphatic rings. The van der Waals surface area contributed by atoms with Crippen LogP contribution in [0.3, 0.4) is 0 Å². The third kappa shape index (κ3) is 2.21. The number of hydrogen-bond acceptors (Lipinski definition) is 6. The van der Waals surface area contributed by atoms with Gasteiger partial charge < -0.3 is 14.7 Å². The zero-order valence-corrected chi connectivity index (χ0v) is 9.68. The summed E-state index contributed by atoms with van der Waals surface area (Å²) >= 11 is 1.08. The summed E-state index contributed by atoms with van der Waals surface area (Å²) < 4.78 is 9.03. The van der Waals surface area contributed by atoms with E-state index in [0.29, 0.717) is 18.0 Å². The van der Waals surface area contributed by atoms with Crippen LogP contribution in [0.1, 0.15) is 16.6 Å². The minimum absolute atomic E-state index is 0.0115. The maximum Gasteiger partial charge on any atom is 0.267 e. The first-order valence-corrected chi connectivity index (χ1v) is 5.80. The van der Waals surface area contributed by atoms with Crippen molar-refractivity contribution in [2.45, 2.75) is 19.1 Å². The summed E-state index contributed by atoms with van der Waals surface area (Å²) in [7, 11) is 0. The van der Waals surface area contributed by atoms with E-state index in [1.165, 1.54) is 6.20 Å². The first kappa shape index (κ1) is 11.4. The van der Waals surface area contributed by atoms with Crippen molar-refractivity contribution < 1.29 is 14.6 Å². The van der Waals surface area contributed by atoms with Crippen molar-refractivity contribution in [2.75, 3.05) is 19.8 Å². The van der Waals surface area contributed by atoms with Gasteiger partial charge >= 0.3 is 0 Å². The smallest absolute Gasteiger partial charge is 0.267 e. The molecule has 1 amide bonds. The molecule has 7 heteroatoms. The third-order valence-corrected chi connectivity index (χ3v) is 3.19. The van der Waals surface area contributed by atoms with Crippen molar-refractivity contribution in [3.8, 4) is 0 Å². The zero-order chi connectivity index (χ0) is 11.5. The Balaban J connectivity index is 2.09. The predicted molar refractivity (Wildman–Crippen MR) is 57.2 cm³/mol. The number of aliphatic hydroxyl groups is 1. The molecule has 1 aromatic heterocycles. The number of hydrogen-bond donors (Lipinski definition) is 1. The maximum absolute atomic E-state index is 12.1. The summed E-state index contributed by atoms with van der Waals surface area (Å²) in [5.74, 6) is -0.0933. The average Bonchev–Trinajstić information content (AvgIpc) is 2.82. The van der Waals surface area contributed by atoms with Crippen LogP contribution in [0.2, 0.25) is 0 Å². The lowest BCUT2D eigenvalue weighted by Crippen LogP contribution is -2.51. The lowest BCUT2D eigenvalue weighted by molar-refractivity contribution is -0.0666. The molecule has 0 radical (unpaired) electrons. The normalized spacial score (nSPS) is 25.8. The minimum Gasteiger partial charge on any atom is -0.394 e. The summed E-state index contributed by atoms with van der Waals surface area (Å²) in [6, 6.07) is 0.0115. The Morgan fingerprint density at radius 1 is 1.81 bits per heavy atom. The van der Waals surface area contributed by atoms with Crippen molar-refractivity contribution in [1.82, 2.24) is 14.5 Å². The third-order valence-electron chi connectivity index (χ3n) is 2.54. The van der Waals surface area contributed by atoms with Crippen molar-refractivity contribution in [3.63, 3.8) is 0 Å². The molecule has 16 heavy (non-hydrogen) atoms. The van der Waals surface area contributed by atoms with Gasteiger partial charge in [0, 0.05) is 6.54 Å². The van der Waals surface area contributed by atoms with Gasteiger partial charge in [0.15, 0.2) is 0 Å².